The number of rotatable bonds is 6. The molecule has 0 spiro atoms. The predicted octanol–water partition coefficient (Wildman–Crippen LogP) is 2.85. The van der Waals surface area contributed by atoms with Crippen LogP contribution >= 0.6 is 11.6 Å². The maximum absolute atomic E-state index is 13.0. The van der Waals surface area contributed by atoms with Gasteiger partial charge in [-0.25, -0.2) is 21.1 Å². The monoisotopic (exact) mass is 458 g/mol. The van der Waals surface area contributed by atoms with Gasteiger partial charge < -0.3 is 4.74 Å². The van der Waals surface area contributed by atoms with Crippen LogP contribution in [0.5, 0.6) is 5.75 Å². The Morgan fingerprint density at radius 3 is 2.55 bits per heavy atom. The van der Waals surface area contributed by atoms with Crippen LogP contribution in [-0.4, -0.2) is 35.1 Å². The first-order valence-electron chi connectivity index (χ1n) is 8.67. The lowest BCUT2D eigenvalue weighted by molar-refractivity contribution is -0.119. The first kappa shape index (κ1) is 21.4. The number of sulfonamides is 2. The normalized spacial score (nSPS) is 18.7. The molecule has 0 aromatic heterocycles. The number of nitrogens with zero attached hydrogens (tertiary/aromatic N) is 1. The SMILES string of the molecule is CCOc1ccc(N2C(=O)C(C)CS2(=O)=O)cc1S(=O)(=O)Nc1cccc(Cl)c1. The molecular weight excluding hydrogens is 440 g/mol. The minimum absolute atomic E-state index is 0.0304. The summed E-state index contributed by atoms with van der Waals surface area (Å²) in [5.74, 6) is -1.62. The number of halogens is 1. The number of carbonyl (C=O) groups is 1. The summed E-state index contributed by atoms with van der Waals surface area (Å²) in [5, 5.41) is 0.340. The van der Waals surface area contributed by atoms with Crippen molar-refractivity contribution in [2.45, 2.75) is 18.7 Å². The Kier molecular flexibility index (Phi) is 5.79. The number of benzene rings is 2. The van der Waals surface area contributed by atoms with Gasteiger partial charge in [0, 0.05) is 5.02 Å². The highest BCUT2D eigenvalue weighted by atomic mass is 35.5. The Bertz CT molecular complexity index is 1160. The van der Waals surface area contributed by atoms with Crippen molar-refractivity contribution >= 4 is 48.9 Å². The van der Waals surface area contributed by atoms with Gasteiger partial charge in [-0.1, -0.05) is 24.6 Å². The van der Waals surface area contributed by atoms with Crippen molar-refractivity contribution < 1.29 is 26.4 Å². The van der Waals surface area contributed by atoms with Gasteiger partial charge in [0.15, 0.2) is 0 Å². The lowest BCUT2D eigenvalue weighted by Gasteiger charge is -2.19. The molecule has 0 bridgehead atoms. The Hall–Kier alpha value is -2.30. The molecule has 8 nitrogen and oxygen atoms in total. The van der Waals surface area contributed by atoms with Crippen molar-refractivity contribution in [1.29, 1.82) is 0 Å². The fourth-order valence-electron chi connectivity index (χ4n) is 2.96. The maximum Gasteiger partial charge on any atom is 0.265 e. The fourth-order valence-corrected chi connectivity index (χ4v) is 6.17. The van der Waals surface area contributed by atoms with Crippen LogP contribution in [0, 0.1) is 5.92 Å². The molecule has 1 fully saturated rings. The number of nitrogens with one attached hydrogen (secondary N) is 1. The van der Waals surface area contributed by atoms with Crippen LogP contribution in [-0.2, 0) is 24.8 Å². The van der Waals surface area contributed by atoms with Gasteiger partial charge in [-0.3, -0.25) is 9.52 Å². The number of hydrogen-bond donors (Lipinski definition) is 1. The standard InChI is InChI=1S/C18H19ClN2O6S2/c1-3-27-16-8-7-15(21-18(22)12(2)11-28(21,23)24)10-17(16)29(25,26)20-14-6-4-5-13(19)9-14/h4-10,12,20H,3,11H2,1-2H3. The van der Waals surface area contributed by atoms with E-state index in [1.165, 1.54) is 31.2 Å². The van der Waals surface area contributed by atoms with E-state index < -0.39 is 31.9 Å². The molecule has 0 saturated carbocycles. The molecule has 1 saturated heterocycles. The van der Waals surface area contributed by atoms with E-state index in [4.69, 9.17) is 16.3 Å². The van der Waals surface area contributed by atoms with E-state index in [2.05, 4.69) is 4.72 Å². The van der Waals surface area contributed by atoms with Crippen LogP contribution < -0.4 is 13.8 Å². The Labute approximate surface area is 174 Å². The van der Waals surface area contributed by atoms with Crippen molar-refractivity contribution in [3.8, 4) is 5.75 Å². The molecule has 3 rings (SSSR count). The van der Waals surface area contributed by atoms with Crippen molar-refractivity contribution in [2.24, 2.45) is 5.92 Å². The second-order valence-electron chi connectivity index (χ2n) is 6.46. The van der Waals surface area contributed by atoms with E-state index in [1.807, 2.05) is 0 Å². The smallest absolute Gasteiger partial charge is 0.265 e. The van der Waals surface area contributed by atoms with Crippen LogP contribution in [0.2, 0.25) is 5.02 Å². The maximum atomic E-state index is 13.0. The molecule has 2 aromatic rings. The Morgan fingerprint density at radius 2 is 1.97 bits per heavy atom. The zero-order valence-corrected chi connectivity index (χ0v) is 18.0. The summed E-state index contributed by atoms with van der Waals surface area (Å²) in [6.45, 7) is 3.38. The van der Waals surface area contributed by atoms with Crippen LogP contribution in [0.4, 0.5) is 11.4 Å². The van der Waals surface area contributed by atoms with Gasteiger partial charge in [-0.05, 0) is 43.3 Å². The molecule has 1 aliphatic rings. The molecule has 1 atom stereocenters. The molecule has 1 amide bonds. The molecule has 1 aliphatic heterocycles. The number of anilines is 2. The summed E-state index contributed by atoms with van der Waals surface area (Å²) < 4.78 is 59.2. The largest absolute Gasteiger partial charge is 0.492 e. The van der Waals surface area contributed by atoms with Crippen molar-refractivity contribution in [3.63, 3.8) is 0 Å². The molecular formula is C18H19ClN2O6S2. The first-order chi connectivity index (χ1) is 13.5. The predicted molar refractivity (Wildman–Crippen MR) is 110 cm³/mol. The van der Waals surface area contributed by atoms with Gasteiger partial charge in [-0.2, -0.15) is 0 Å². The van der Waals surface area contributed by atoms with E-state index in [-0.39, 0.29) is 34.4 Å². The number of ether oxygens (including phenoxy) is 1. The van der Waals surface area contributed by atoms with Crippen LogP contribution in [0.3, 0.4) is 0 Å². The second-order valence-corrected chi connectivity index (χ2v) is 10.4. The van der Waals surface area contributed by atoms with Gasteiger partial charge in [-0.15, -0.1) is 0 Å². The minimum Gasteiger partial charge on any atom is -0.492 e. The minimum atomic E-state index is -4.17. The van der Waals surface area contributed by atoms with Gasteiger partial charge in [0.25, 0.3) is 10.0 Å². The summed E-state index contributed by atoms with van der Waals surface area (Å²) in [5.41, 5.74) is 0.165. The highest BCUT2D eigenvalue weighted by molar-refractivity contribution is 7.94. The summed E-state index contributed by atoms with van der Waals surface area (Å²) in [4.78, 5) is 12.1. The lowest BCUT2D eigenvalue weighted by atomic mass is 10.2. The Morgan fingerprint density at radius 1 is 1.24 bits per heavy atom. The van der Waals surface area contributed by atoms with Crippen LogP contribution in [0.15, 0.2) is 47.4 Å². The summed E-state index contributed by atoms with van der Waals surface area (Å²) in [6, 6.07) is 9.91. The first-order valence-corrected chi connectivity index (χ1v) is 12.1. The highest BCUT2D eigenvalue weighted by Crippen LogP contribution is 2.35. The van der Waals surface area contributed by atoms with Crippen molar-refractivity contribution in [1.82, 2.24) is 0 Å². The molecule has 29 heavy (non-hydrogen) atoms. The summed E-state index contributed by atoms with van der Waals surface area (Å²) in [6.07, 6.45) is 0. The molecule has 1 unspecified atom stereocenters. The average Bonchev–Trinajstić information content (AvgIpc) is 2.82. The molecule has 1 heterocycles. The van der Waals surface area contributed by atoms with Gasteiger partial charge in [0.05, 0.1) is 29.7 Å². The average molecular weight is 459 g/mol. The highest BCUT2D eigenvalue weighted by Gasteiger charge is 2.42. The zero-order valence-electron chi connectivity index (χ0n) is 15.6. The molecule has 11 heteroatoms. The third kappa shape index (κ3) is 4.34. The van der Waals surface area contributed by atoms with E-state index in [9.17, 15) is 21.6 Å². The topological polar surface area (TPSA) is 110 Å². The van der Waals surface area contributed by atoms with Gasteiger partial charge in [0.1, 0.15) is 10.6 Å². The number of carbonyl (C=O) groups excluding carboxylic acids is 1. The van der Waals surface area contributed by atoms with Crippen molar-refractivity contribution in [3.05, 3.63) is 47.5 Å². The summed E-state index contributed by atoms with van der Waals surface area (Å²) in [7, 11) is -8.05. The van der Waals surface area contributed by atoms with Crippen LogP contribution in [0.1, 0.15) is 13.8 Å². The van der Waals surface area contributed by atoms with Crippen molar-refractivity contribution in [2.75, 3.05) is 21.4 Å². The third-order valence-electron chi connectivity index (χ3n) is 4.19. The molecule has 0 radical (unpaired) electrons. The Balaban J connectivity index is 2.09. The lowest BCUT2D eigenvalue weighted by Crippen LogP contribution is -2.30. The molecule has 1 N–H and O–H groups in total. The molecule has 2 aromatic carbocycles. The number of hydrogen-bond acceptors (Lipinski definition) is 6. The molecule has 156 valence electrons. The quantitative estimate of drug-likeness (QED) is 0.712. The third-order valence-corrected chi connectivity index (χ3v) is 7.69. The number of amides is 1. The van der Waals surface area contributed by atoms with Gasteiger partial charge >= 0.3 is 0 Å². The van der Waals surface area contributed by atoms with E-state index in [1.54, 1.807) is 19.1 Å². The fraction of sp³-hybridized carbons (Fsp3) is 0.278. The van der Waals surface area contributed by atoms with E-state index >= 15 is 0 Å². The van der Waals surface area contributed by atoms with E-state index in [0.29, 0.717) is 9.33 Å². The van der Waals surface area contributed by atoms with Crippen LogP contribution in [0.25, 0.3) is 0 Å². The van der Waals surface area contributed by atoms with Gasteiger partial charge in [0.2, 0.25) is 15.9 Å². The summed E-state index contributed by atoms with van der Waals surface area (Å²) >= 11 is 5.90. The van der Waals surface area contributed by atoms with E-state index in [0.717, 1.165) is 6.07 Å². The zero-order chi connectivity index (χ0) is 21.4. The molecule has 0 aliphatic carbocycles. The second kappa shape index (κ2) is 7.85.